The molecule has 0 aromatic heterocycles. The summed E-state index contributed by atoms with van der Waals surface area (Å²) in [4.78, 5) is 24.5. The van der Waals surface area contributed by atoms with E-state index < -0.39 is 12.2 Å². The first kappa shape index (κ1) is 12.6. The molecule has 0 spiro atoms. The summed E-state index contributed by atoms with van der Waals surface area (Å²) in [5.74, 6) is -0.538. The van der Waals surface area contributed by atoms with Crippen molar-refractivity contribution < 1.29 is 14.3 Å². The Bertz CT molecular complexity index is 282. The first-order chi connectivity index (χ1) is 6.29. The van der Waals surface area contributed by atoms with Crippen LogP contribution in [0.3, 0.4) is 0 Å². The topological polar surface area (TPSA) is 55.7 Å². The molecule has 1 atom stereocenters. The van der Waals surface area contributed by atoms with Crippen LogP contribution in [0.1, 0.15) is 27.7 Å². The van der Waals surface area contributed by atoms with Crippen LogP contribution >= 0.6 is 0 Å². The van der Waals surface area contributed by atoms with Crippen LogP contribution < -0.4 is 0 Å². The Kier molecular flexibility index (Phi) is 4.25. The summed E-state index contributed by atoms with van der Waals surface area (Å²) in [6.07, 6.45) is 0.512. The number of nitrogens with zero attached hydrogens (tertiary/aromatic N) is 1. The third-order valence-electron chi connectivity index (χ3n) is 1.66. The lowest BCUT2D eigenvalue weighted by Gasteiger charge is -2.20. The molecule has 0 radical (unpaired) electrons. The van der Waals surface area contributed by atoms with Crippen molar-refractivity contribution in [3.63, 3.8) is 0 Å². The van der Waals surface area contributed by atoms with E-state index >= 15 is 0 Å². The summed E-state index contributed by atoms with van der Waals surface area (Å²) in [6, 6.07) is 0. The maximum atomic E-state index is 11.4. The molecule has 0 aliphatic carbocycles. The van der Waals surface area contributed by atoms with Gasteiger partial charge in [-0.1, -0.05) is 27.4 Å². The average Bonchev–Trinajstić information content (AvgIpc) is 2.01. The molecule has 0 aromatic rings. The molecule has 0 aliphatic rings. The van der Waals surface area contributed by atoms with Crippen LogP contribution in [0.15, 0.2) is 17.1 Å². The van der Waals surface area contributed by atoms with Gasteiger partial charge in [-0.15, -0.1) is 0 Å². The normalized spacial score (nSPS) is 12.6. The van der Waals surface area contributed by atoms with E-state index in [0.717, 1.165) is 0 Å². The Hall–Kier alpha value is -1.41. The highest BCUT2D eigenvalue weighted by molar-refractivity contribution is 5.89. The fourth-order valence-electron chi connectivity index (χ4n) is 0.633. The van der Waals surface area contributed by atoms with Gasteiger partial charge in [0.25, 0.3) is 0 Å². The van der Waals surface area contributed by atoms with Crippen molar-refractivity contribution in [2.45, 2.75) is 33.9 Å². The second-order valence-corrected chi connectivity index (χ2v) is 3.95. The standard InChI is InChI=1S/C10H15NO3/c1-7(10(3,4)5)9(13)14-8(2)11-6-12/h8H,1H2,2-5H3. The minimum Gasteiger partial charge on any atom is -0.436 e. The van der Waals surface area contributed by atoms with Crippen molar-refractivity contribution in [3.8, 4) is 0 Å². The summed E-state index contributed by atoms with van der Waals surface area (Å²) in [6.45, 7) is 10.7. The lowest BCUT2D eigenvalue weighted by Crippen LogP contribution is -2.22. The average molecular weight is 197 g/mol. The Morgan fingerprint density at radius 1 is 1.50 bits per heavy atom. The van der Waals surface area contributed by atoms with Gasteiger partial charge in [-0.25, -0.2) is 9.59 Å². The molecule has 0 bridgehead atoms. The fraction of sp³-hybridized carbons (Fsp3) is 0.600. The maximum absolute atomic E-state index is 11.4. The van der Waals surface area contributed by atoms with Gasteiger partial charge in [0, 0.05) is 5.57 Å². The molecular formula is C10H15NO3. The van der Waals surface area contributed by atoms with Gasteiger partial charge >= 0.3 is 5.97 Å². The molecule has 0 saturated carbocycles. The molecule has 0 aromatic carbocycles. The van der Waals surface area contributed by atoms with E-state index in [1.165, 1.54) is 13.0 Å². The lowest BCUT2D eigenvalue weighted by atomic mass is 9.88. The van der Waals surface area contributed by atoms with E-state index in [1.54, 1.807) is 0 Å². The molecule has 4 nitrogen and oxygen atoms in total. The van der Waals surface area contributed by atoms with Gasteiger partial charge in [-0.3, -0.25) is 0 Å². The number of esters is 1. The Labute approximate surface area is 83.7 Å². The Morgan fingerprint density at radius 2 is 2.00 bits per heavy atom. The van der Waals surface area contributed by atoms with E-state index in [2.05, 4.69) is 11.6 Å². The molecule has 0 heterocycles. The zero-order valence-electron chi connectivity index (χ0n) is 8.96. The summed E-state index contributed by atoms with van der Waals surface area (Å²) >= 11 is 0. The Morgan fingerprint density at radius 3 is 2.36 bits per heavy atom. The summed E-state index contributed by atoms with van der Waals surface area (Å²) < 4.78 is 4.81. The highest BCUT2D eigenvalue weighted by atomic mass is 16.6. The predicted octanol–water partition coefficient (Wildman–Crippen LogP) is 1.81. The van der Waals surface area contributed by atoms with Crippen molar-refractivity contribution in [1.82, 2.24) is 0 Å². The minimum absolute atomic E-state index is 0.346. The molecule has 78 valence electrons. The molecule has 0 saturated heterocycles. The van der Waals surface area contributed by atoms with Crippen LogP contribution in [0.5, 0.6) is 0 Å². The molecular weight excluding hydrogens is 182 g/mol. The largest absolute Gasteiger partial charge is 0.436 e. The number of isocyanates is 1. The van der Waals surface area contributed by atoms with Gasteiger partial charge in [-0.05, 0) is 12.3 Å². The third kappa shape index (κ3) is 4.01. The smallest absolute Gasteiger partial charge is 0.335 e. The van der Waals surface area contributed by atoms with Crippen LogP contribution in [-0.2, 0) is 14.3 Å². The van der Waals surface area contributed by atoms with Crippen molar-refractivity contribution in [3.05, 3.63) is 12.2 Å². The van der Waals surface area contributed by atoms with Gasteiger partial charge in [-0.2, -0.15) is 4.99 Å². The molecule has 14 heavy (non-hydrogen) atoms. The predicted molar refractivity (Wildman–Crippen MR) is 52.3 cm³/mol. The van der Waals surface area contributed by atoms with Gasteiger partial charge < -0.3 is 4.74 Å². The van der Waals surface area contributed by atoms with Crippen molar-refractivity contribution in [2.75, 3.05) is 0 Å². The highest BCUT2D eigenvalue weighted by Crippen LogP contribution is 2.24. The van der Waals surface area contributed by atoms with E-state index in [0.29, 0.717) is 5.57 Å². The van der Waals surface area contributed by atoms with Crippen LogP contribution in [0.25, 0.3) is 0 Å². The highest BCUT2D eigenvalue weighted by Gasteiger charge is 2.23. The van der Waals surface area contributed by atoms with Gasteiger partial charge in [0.1, 0.15) is 0 Å². The van der Waals surface area contributed by atoms with Crippen LogP contribution in [0.2, 0.25) is 0 Å². The van der Waals surface area contributed by atoms with Crippen LogP contribution in [-0.4, -0.2) is 18.3 Å². The maximum Gasteiger partial charge on any atom is 0.335 e. The first-order valence-corrected chi connectivity index (χ1v) is 4.26. The van der Waals surface area contributed by atoms with Crippen LogP contribution in [0, 0.1) is 5.41 Å². The van der Waals surface area contributed by atoms with E-state index in [1.807, 2.05) is 20.8 Å². The molecule has 0 aliphatic heterocycles. The zero-order valence-corrected chi connectivity index (χ0v) is 8.96. The number of rotatable bonds is 3. The van der Waals surface area contributed by atoms with Gasteiger partial charge in [0.2, 0.25) is 12.3 Å². The zero-order chi connectivity index (χ0) is 11.4. The quantitative estimate of drug-likeness (QED) is 0.300. The molecule has 4 heteroatoms. The number of aliphatic imine (C=N–C) groups is 1. The number of carbonyl (C=O) groups excluding carboxylic acids is 2. The lowest BCUT2D eigenvalue weighted by molar-refractivity contribution is -0.144. The molecule has 0 fully saturated rings. The van der Waals surface area contributed by atoms with Crippen molar-refractivity contribution in [2.24, 2.45) is 10.4 Å². The molecule has 1 unspecified atom stereocenters. The number of hydrogen-bond acceptors (Lipinski definition) is 4. The van der Waals surface area contributed by atoms with Crippen molar-refractivity contribution in [1.29, 1.82) is 0 Å². The van der Waals surface area contributed by atoms with Gasteiger partial charge in [0.05, 0.1) is 0 Å². The summed E-state index contributed by atoms with van der Waals surface area (Å²) in [5.41, 5.74) is 0.00673. The SMILES string of the molecule is C=C(C(=O)OC(C)N=C=O)C(C)(C)C. The van der Waals surface area contributed by atoms with E-state index in [9.17, 15) is 9.59 Å². The second-order valence-electron chi connectivity index (χ2n) is 3.95. The molecule has 0 rings (SSSR count). The number of hydrogen-bond donors (Lipinski definition) is 0. The summed E-state index contributed by atoms with van der Waals surface area (Å²) in [7, 11) is 0. The number of ether oxygens (including phenoxy) is 1. The molecule has 0 amide bonds. The Balaban J connectivity index is 4.37. The van der Waals surface area contributed by atoms with E-state index in [4.69, 9.17) is 4.74 Å². The van der Waals surface area contributed by atoms with Crippen LogP contribution in [0.4, 0.5) is 0 Å². The third-order valence-corrected chi connectivity index (χ3v) is 1.66. The first-order valence-electron chi connectivity index (χ1n) is 4.26. The molecule has 0 N–H and O–H groups in total. The fourth-order valence-corrected chi connectivity index (χ4v) is 0.633. The summed E-state index contributed by atoms with van der Waals surface area (Å²) in [5, 5.41) is 0. The minimum atomic E-state index is -0.806. The monoisotopic (exact) mass is 197 g/mol. The van der Waals surface area contributed by atoms with Crippen molar-refractivity contribution >= 4 is 12.0 Å². The second kappa shape index (κ2) is 4.72. The van der Waals surface area contributed by atoms with Gasteiger partial charge in [0.15, 0.2) is 0 Å². The number of carbonyl (C=O) groups is 1. The van der Waals surface area contributed by atoms with E-state index in [-0.39, 0.29) is 5.41 Å².